The molecule has 1 fully saturated rings. The number of carbonyl (C=O) groups is 2. The Morgan fingerprint density at radius 2 is 2.17 bits per heavy atom. The van der Waals surface area contributed by atoms with Crippen molar-refractivity contribution in [3.8, 4) is 0 Å². The van der Waals surface area contributed by atoms with Crippen molar-refractivity contribution < 1.29 is 18.7 Å². The van der Waals surface area contributed by atoms with Crippen molar-refractivity contribution in [1.29, 1.82) is 0 Å². The van der Waals surface area contributed by atoms with Gasteiger partial charge in [-0.05, 0) is 73.1 Å². The normalized spacial score (nSPS) is 18.3. The van der Waals surface area contributed by atoms with Gasteiger partial charge in [0.15, 0.2) is 0 Å². The Morgan fingerprint density at radius 3 is 2.93 bits per heavy atom. The monoisotopic (exact) mass is 396 g/mol. The lowest BCUT2D eigenvalue weighted by Gasteiger charge is -2.19. The summed E-state index contributed by atoms with van der Waals surface area (Å²) >= 11 is 0. The van der Waals surface area contributed by atoms with Crippen LogP contribution >= 0.6 is 0 Å². The quantitative estimate of drug-likeness (QED) is 0.817. The van der Waals surface area contributed by atoms with Gasteiger partial charge in [-0.25, -0.2) is 4.39 Å². The summed E-state index contributed by atoms with van der Waals surface area (Å²) < 4.78 is 20.1. The molecule has 0 spiro atoms. The molecule has 29 heavy (non-hydrogen) atoms. The number of hydrogen-bond acceptors (Lipinski definition) is 3. The van der Waals surface area contributed by atoms with E-state index in [-0.39, 0.29) is 17.6 Å². The number of carbonyl (C=O) groups excluding carboxylic acids is 2. The summed E-state index contributed by atoms with van der Waals surface area (Å²) in [5.41, 5.74) is 4.61. The van der Waals surface area contributed by atoms with Gasteiger partial charge in [-0.2, -0.15) is 0 Å². The molecule has 0 radical (unpaired) electrons. The molecule has 152 valence electrons. The maximum absolute atomic E-state index is 14.6. The van der Waals surface area contributed by atoms with Gasteiger partial charge in [-0.1, -0.05) is 12.1 Å². The van der Waals surface area contributed by atoms with E-state index in [1.54, 1.807) is 6.07 Å². The van der Waals surface area contributed by atoms with Crippen LogP contribution in [0, 0.1) is 12.7 Å². The van der Waals surface area contributed by atoms with Crippen LogP contribution in [0.3, 0.4) is 0 Å². The van der Waals surface area contributed by atoms with Crippen molar-refractivity contribution in [3.63, 3.8) is 0 Å². The summed E-state index contributed by atoms with van der Waals surface area (Å²) in [5, 5.41) is 5.61. The highest BCUT2D eigenvalue weighted by atomic mass is 19.1. The third-order valence-electron chi connectivity index (χ3n) is 5.67. The number of hydrogen-bond donors (Lipinski definition) is 2. The average Bonchev–Trinajstić information content (AvgIpc) is 3.21. The summed E-state index contributed by atoms with van der Waals surface area (Å²) in [6.07, 6.45) is 3.26. The number of amides is 2. The van der Waals surface area contributed by atoms with E-state index < -0.39 is 11.7 Å². The highest BCUT2D eigenvalue weighted by molar-refractivity contribution is 5.97. The molecule has 5 nitrogen and oxygen atoms in total. The molecule has 2 aliphatic heterocycles. The van der Waals surface area contributed by atoms with Crippen LogP contribution in [0.2, 0.25) is 0 Å². The Labute approximate surface area is 169 Å². The molecule has 1 atom stereocenters. The lowest BCUT2D eigenvalue weighted by Crippen LogP contribution is -2.32. The largest absolute Gasteiger partial charge is 0.376 e. The maximum atomic E-state index is 14.6. The minimum absolute atomic E-state index is 0.0190. The van der Waals surface area contributed by atoms with Crippen molar-refractivity contribution in [2.75, 3.05) is 19.7 Å². The second kappa shape index (κ2) is 8.33. The summed E-state index contributed by atoms with van der Waals surface area (Å²) in [6, 6.07) is 8.64. The lowest BCUT2D eigenvalue weighted by atomic mass is 9.91. The molecule has 6 heteroatoms. The molecular formula is C23H25FN2O3. The van der Waals surface area contributed by atoms with E-state index >= 15 is 0 Å². The first kappa shape index (κ1) is 19.6. The fraction of sp³-hybridized carbons (Fsp3) is 0.391. The molecule has 0 unspecified atom stereocenters. The van der Waals surface area contributed by atoms with Crippen LogP contribution in [-0.4, -0.2) is 37.6 Å². The van der Waals surface area contributed by atoms with Crippen molar-refractivity contribution >= 4 is 11.8 Å². The Hall–Kier alpha value is -2.73. The summed E-state index contributed by atoms with van der Waals surface area (Å²) in [6.45, 7) is 3.78. The molecule has 2 aromatic rings. The van der Waals surface area contributed by atoms with E-state index in [1.165, 1.54) is 12.1 Å². The summed E-state index contributed by atoms with van der Waals surface area (Å²) in [5.74, 6) is -1.02. The fourth-order valence-corrected chi connectivity index (χ4v) is 4.01. The summed E-state index contributed by atoms with van der Waals surface area (Å²) in [7, 11) is 0. The van der Waals surface area contributed by atoms with Crippen LogP contribution in [0.15, 0.2) is 30.3 Å². The van der Waals surface area contributed by atoms with E-state index in [0.717, 1.165) is 41.5 Å². The molecular weight excluding hydrogens is 371 g/mol. The molecule has 2 amide bonds. The van der Waals surface area contributed by atoms with Gasteiger partial charge in [-0.3, -0.25) is 9.59 Å². The van der Waals surface area contributed by atoms with Crippen LogP contribution < -0.4 is 10.6 Å². The number of fused-ring (bicyclic) bond motifs is 1. The van der Waals surface area contributed by atoms with Crippen LogP contribution in [0.1, 0.15) is 55.8 Å². The molecule has 2 aliphatic rings. The number of halogens is 1. The first-order valence-electron chi connectivity index (χ1n) is 10.1. The van der Waals surface area contributed by atoms with Crippen molar-refractivity contribution in [2.24, 2.45) is 0 Å². The van der Waals surface area contributed by atoms with E-state index in [0.29, 0.717) is 31.7 Å². The van der Waals surface area contributed by atoms with Crippen LogP contribution in [0.5, 0.6) is 0 Å². The summed E-state index contributed by atoms with van der Waals surface area (Å²) in [4.78, 5) is 24.4. The number of ether oxygens (including phenoxy) is 1. The maximum Gasteiger partial charge on any atom is 0.254 e. The number of nitrogens with one attached hydrogen (secondary N) is 2. The third-order valence-corrected chi connectivity index (χ3v) is 5.67. The Morgan fingerprint density at radius 1 is 1.31 bits per heavy atom. The zero-order chi connectivity index (χ0) is 20.4. The Bertz CT molecular complexity index is 951. The third kappa shape index (κ3) is 4.32. The van der Waals surface area contributed by atoms with Crippen molar-refractivity contribution in [1.82, 2.24) is 10.6 Å². The molecule has 2 aromatic carbocycles. The van der Waals surface area contributed by atoms with E-state index in [9.17, 15) is 14.0 Å². The zero-order valence-corrected chi connectivity index (χ0v) is 16.5. The van der Waals surface area contributed by atoms with E-state index in [2.05, 4.69) is 10.6 Å². The van der Waals surface area contributed by atoms with E-state index in [1.807, 2.05) is 19.1 Å². The smallest absolute Gasteiger partial charge is 0.254 e. The predicted octanol–water partition coefficient (Wildman–Crippen LogP) is 2.92. The van der Waals surface area contributed by atoms with Crippen LogP contribution in [0.4, 0.5) is 4.39 Å². The molecule has 0 bridgehead atoms. The number of rotatable bonds is 5. The van der Waals surface area contributed by atoms with E-state index in [4.69, 9.17) is 4.74 Å². The lowest BCUT2D eigenvalue weighted by molar-refractivity contribution is 0.0854. The van der Waals surface area contributed by atoms with Gasteiger partial charge in [-0.15, -0.1) is 0 Å². The van der Waals surface area contributed by atoms with Gasteiger partial charge < -0.3 is 15.4 Å². The zero-order valence-electron chi connectivity index (χ0n) is 16.5. The topological polar surface area (TPSA) is 67.4 Å². The highest BCUT2D eigenvalue weighted by Gasteiger charge is 2.20. The molecule has 0 aliphatic carbocycles. The van der Waals surface area contributed by atoms with Gasteiger partial charge in [0.25, 0.3) is 11.8 Å². The predicted molar refractivity (Wildman–Crippen MR) is 108 cm³/mol. The first-order valence-corrected chi connectivity index (χ1v) is 10.1. The van der Waals surface area contributed by atoms with Gasteiger partial charge >= 0.3 is 0 Å². The molecule has 0 aromatic heterocycles. The molecule has 4 rings (SSSR count). The molecule has 2 N–H and O–H groups in total. The van der Waals surface area contributed by atoms with Gasteiger partial charge in [0, 0.05) is 25.3 Å². The number of benzene rings is 2. The fourth-order valence-electron chi connectivity index (χ4n) is 4.01. The standard InChI is InChI=1S/C23H25FN2O3/c1-14-9-16-6-7-25-23(28)20(16)12-17(14)10-15-4-5-19(21(24)11-15)22(27)26-13-18-3-2-8-29-18/h4-5,9,11-12,18H,2-3,6-8,10,13H2,1H3,(H,25,28)(H,26,27)/t18-/m1/s1. The first-order chi connectivity index (χ1) is 14.0. The Balaban J connectivity index is 1.47. The molecule has 2 heterocycles. The number of aryl methyl sites for hydroxylation is 1. The van der Waals surface area contributed by atoms with Crippen LogP contribution in [0.25, 0.3) is 0 Å². The minimum atomic E-state index is -0.541. The minimum Gasteiger partial charge on any atom is -0.376 e. The second-order valence-corrected chi connectivity index (χ2v) is 7.78. The van der Waals surface area contributed by atoms with Crippen molar-refractivity contribution in [3.05, 3.63) is 69.5 Å². The molecule has 1 saturated heterocycles. The van der Waals surface area contributed by atoms with Gasteiger partial charge in [0.1, 0.15) is 5.82 Å². The highest BCUT2D eigenvalue weighted by Crippen LogP contribution is 2.23. The average molecular weight is 396 g/mol. The van der Waals surface area contributed by atoms with Gasteiger partial charge in [0.05, 0.1) is 11.7 Å². The molecule has 0 saturated carbocycles. The SMILES string of the molecule is Cc1cc2c(cc1Cc1ccc(C(=O)NC[C@H]3CCCO3)c(F)c1)C(=O)NCC2. The Kier molecular flexibility index (Phi) is 5.62. The van der Waals surface area contributed by atoms with Crippen LogP contribution in [-0.2, 0) is 17.6 Å². The van der Waals surface area contributed by atoms with Crippen molar-refractivity contribution in [2.45, 2.75) is 38.7 Å². The van der Waals surface area contributed by atoms with Gasteiger partial charge in [0.2, 0.25) is 0 Å². The second-order valence-electron chi connectivity index (χ2n) is 7.78.